The van der Waals surface area contributed by atoms with Crippen molar-refractivity contribution >= 4 is 9.84 Å². The lowest BCUT2D eigenvalue weighted by molar-refractivity contribution is 0.590. The smallest absolute Gasteiger partial charge is 0.147 e. The summed E-state index contributed by atoms with van der Waals surface area (Å²) in [4.78, 5) is 0. The van der Waals surface area contributed by atoms with Crippen molar-refractivity contribution < 1.29 is 8.42 Å². The van der Waals surface area contributed by atoms with Crippen LogP contribution in [0.25, 0.3) is 0 Å². The zero-order valence-corrected chi connectivity index (χ0v) is 7.32. The summed E-state index contributed by atoms with van der Waals surface area (Å²) in [7, 11) is -2.78. The third-order valence-corrected chi connectivity index (χ3v) is 2.20. The van der Waals surface area contributed by atoms with Gasteiger partial charge in [0.05, 0.1) is 0 Å². The maximum absolute atomic E-state index is 10.6. The van der Waals surface area contributed by atoms with Gasteiger partial charge in [0, 0.05) is 18.1 Å². The Hall–Kier alpha value is -0.0900. The van der Waals surface area contributed by atoms with Crippen molar-refractivity contribution in [2.45, 2.75) is 25.8 Å². The van der Waals surface area contributed by atoms with Crippen molar-refractivity contribution in [1.82, 2.24) is 0 Å². The van der Waals surface area contributed by atoms with Crippen LogP contribution < -0.4 is 5.73 Å². The summed E-state index contributed by atoms with van der Waals surface area (Å²) in [6.07, 6.45) is 2.71. The lowest BCUT2D eigenvalue weighted by Crippen LogP contribution is -2.16. The average Bonchev–Trinajstić information content (AvgIpc) is 1.59. The summed E-state index contributed by atoms with van der Waals surface area (Å²) in [5.74, 6) is 0.258. The molecule has 0 saturated carbocycles. The first-order valence-corrected chi connectivity index (χ1v) is 5.41. The van der Waals surface area contributed by atoms with E-state index in [0.29, 0.717) is 6.42 Å². The summed E-state index contributed by atoms with van der Waals surface area (Å²) in [6.45, 7) is 1.88. The first kappa shape index (κ1) is 9.91. The van der Waals surface area contributed by atoms with E-state index in [2.05, 4.69) is 0 Å². The van der Waals surface area contributed by atoms with E-state index in [0.717, 1.165) is 6.42 Å². The third-order valence-electron chi connectivity index (χ3n) is 1.17. The molecule has 1 unspecified atom stereocenters. The van der Waals surface area contributed by atoms with E-state index < -0.39 is 9.84 Å². The van der Waals surface area contributed by atoms with Gasteiger partial charge in [-0.2, -0.15) is 0 Å². The predicted molar refractivity (Wildman–Crippen MR) is 42.6 cm³/mol. The quantitative estimate of drug-likeness (QED) is 0.645. The molecule has 0 rings (SSSR count). The molecule has 1 atom stereocenters. The number of sulfone groups is 1. The van der Waals surface area contributed by atoms with Gasteiger partial charge >= 0.3 is 0 Å². The van der Waals surface area contributed by atoms with Gasteiger partial charge in [-0.3, -0.25) is 0 Å². The van der Waals surface area contributed by atoms with Gasteiger partial charge in [0.25, 0.3) is 0 Å². The van der Waals surface area contributed by atoms with Crippen LogP contribution in [0.15, 0.2) is 0 Å². The van der Waals surface area contributed by atoms with Crippen LogP contribution in [0.1, 0.15) is 19.8 Å². The standard InChI is InChI=1S/C6H15NO2S/c1-6(7)4-3-5-10(2,8)9/h6H,3-5,7H2,1-2H3. The Labute approximate surface area is 62.5 Å². The first-order valence-electron chi connectivity index (χ1n) is 3.35. The molecule has 0 aliphatic heterocycles. The van der Waals surface area contributed by atoms with Crippen LogP contribution in [0.3, 0.4) is 0 Å². The molecule has 0 aromatic rings. The molecule has 2 N–H and O–H groups in total. The SMILES string of the molecule is CC(N)CCCS(C)(=O)=O. The number of rotatable bonds is 4. The largest absolute Gasteiger partial charge is 0.328 e. The summed E-state index contributed by atoms with van der Waals surface area (Å²) < 4.78 is 21.1. The Morgan fingerprint density at radius 3 is 2.30 bits per heavy atom. The van der Waals surface area contributed by atoms with Crippen molar-refractivity contribution in [3.05, 3.63) is 0 Å². The van der Waals surface area contributed by atoms with Crippen LogP contribution in [-0.2, 0) is 9.84 Å². The van der Waals surface area contributed by atoms with E-state index in [1.807, 2.05) is 6.92 Å². The van der Waals surface area contributed by atoms with Crippen molar-refractivity contribution in [3.8, 4) is 0 Å². The minimum Gasteiger partial charge on any atom is -0.328 e. The highest BCUT2D eigenvalue weighted by Crippen LogP contribution is 1.96. The Morgan fingerprint density at radius 2 is 2.00 bits per heavy atom. The lowest BCUT2D eigenvalue weighted by Gasteiger charge is -2.02. The fraction of sp³-hybridized carbons (Fsp3) is 1.00. The topological polar surface area (TPSA) is 60.2 Å². The molecule has 0 saturated heterocycles. The predicted octanol–water partition coefficient (Wildman–Crippen LogP) is 0.158. The minimum absolute atomic E-state index is 0.113. The Balaban J connectivity index is 3.39. The average molecular weight is 165 g/mol. The zero-order chi connectivity index (χ0) is 8.20. The third kappa shape index (κ3) is 7.91. The minimum atomic E-state index is -2.78. The molecule has 0 fully saturated rings. The fourth-order valence-electron chi connectivity index (χ4n) is 0.667. The van der Waals surface area contributed by atoms with Crippen LogP contribution >= 0.6 is 0 Å². The van der Waals surface area contributed by atoms with Gasteiger partial charge in [0.15, 0.2) is 0 Å². The molecule has 0 aliphatic carbocycles. The normalized spacial score (nSPS) is 15.1. The second-order valence-corrected chi connectivity index (χ2v) is 5.01. The fourth-order valence-corrected chi connectivity index (χ4v) is 1.36. The van der Waals surface area contributed by atoms with Crippen molar-refractivity contribution in [2.75, 3.05) is 12.0 Å². The van der Waals surface area contributed by atoms with E-state index in [1.165, 1.54) is 6.26 Å². The van der Waals surface area contributed by atoms with E-state index in [-0.39, 0.29) is 11.8 Å². The van der Waals surface area contributed by atoms with Crippen molar-refractivity contribution in [2.24, 2.45) is 5.73 Å². The van der Waals surface area contributed by atoms with Gasteiger partial charge in [-0.1, -0.05) is 0 Å². The van der Waals surface area contributed by atoms with E-state index in [9.17, 15) is 8.42 Å². The van der Waals surface area contributed by atoms with Crippen LogP contribution in [-0.4, -0.2) is 26.5 Å². The molecule has 0 aliphatic rings. The lowest BCUT2D eigenvalue weighted by atomic mass is 10.2. The van der Waals surface area contributed by atoms with Crippen molar-refractivity contribution in [1.29, 1.82) is 0 Å². The number of hydrogen-bond acceptors (Lipinski definition) is 3. The molecule has 0 aromatic heterocycles. The summed E-state index contributed by atoms with van der Waals surface area (Å²) >= 11 is 0. The Kier molecular flexibility index (Phi) is 3.89. The molecule has 0 amide bonds. The number of hydrogen-bond donors (Lipinski definition) is 1. The molecule has 0 bridgehead atoms. The van der Waals surface area contributed by atoms with Gasteiger partial charge in [-0.15, -0.1) is 0 Å². The molecule has 3 nitrogen and oxygen atoms in total. The van der Waals surface area contributed by atoms with E-state index in [4.69, 9.17) is 5.73 Å². The molecule has 0 radical (unpaired) electrons. The van der Waals surface area contributed by atoms with Gasteiger partial charge in [0.2, 0.25) is 0 Å². The highest BCUT2D eigenvalue weighted by atomic mass is 32.2. The van der Waals surface area contributed by atoms with E-state index >= 15 is 0 Å². The molecule has 0 aromatic carbocycles. The van der Waals surface area contributed by atoms with Gasteiger partial charge < -0.3 is 5.73 Å². The highest BCUT2D eigenvalue weighted by Gasteiger charge is 2.01. The second-order valence-electron chi connectivity index (χ2n) is 2.75. The highest BCUT2D eigenvalue weighted by molar-refractivity contribution is 7.90. The van der Waals surface area contributed by atoms with Gasteiger partial charge in [0.1, 0.15) is 9.84 Å². The molecular formula is C6H15NO2S. The van der Waals surface area contributed by atoms with Crippen molar-refractivity contribution in [3.63, 3.8) is 0 Å². The maximum Gasteiger partial charge on any atom is 0.147 e. The molecule has 0 spiro atoms. The van der Waals surface area contributed by atoms with Gasteiger partial charge in [-0.25, -0.2) is 8.42 Å². The molecule has 0 heterocycles. The van der Waals surface area contributed by atoms with Crippen LogP contribution in [0, 0.1) is 0 Å². The second kappa shape index (κ2) is 3.93. The molecule has 4 heteroatoms. The zero-order valence-electron chi connectivity index (χ0n) is 6.50. The summed E-state index contributed by atoms with van der Waals surface area (Å²) in [6, 6.07) is 0.113. The molecule has 62 valence electrons. The maximum atomic E-state index is 10.6. The number of nitrogens with two attached hydrogens (primary N) is 1. The summed E-state index contributed by atoms with van der Waals surface area (Å²) in [5, 5.41) is 0. The van der Waals surface area contributed by atoms with Gasteiger partial charge in [-0.05, 0) is 19.8 Å². The Bertz CT molecular complexity index is 172. The van der Waals surface area contributed by atoms with Crippen LogP contribution in [0.2, 0.25) is 0 Å². The summed E-state index contributed by atoms with van der Waals surface area (Å²) in [5.41, 5.74) is 5.43. The molecule has 10 heavy (non-hydrogen) atoms. The van der Waals surface area contributed by atoms with Crippen LogP contribution in [0.5, 0.6) is 0 Å². The van der Waals surface area contributed by atoms with E-state index in [1.54, 1.807) is 0 Å². The monoisotopic (exact) mass is 165 g/mol. The Morgan fingerprint density at radius 1 is 1.50 bits per heavy atom. The first-order chi connectivity index (χ1) is 4.42. The molecular weight excluding hydrogens is 150 g/mol. The van der Waals surface area contributed by atoms with Crippen LogP contribution in [0.4, 0.5) is 0 Å².